The van der Waals surface area contributed by atoms with Crippen LogP contribution >= 0.6 is 7.60 Å². The number of hydrogen-bond acceptors (Lipinski definition) is 4. The molecule has 0 rings (SSSR count). The van der Waals surface area contributed by atoms with E-state index in [-0.39, 0.29) is 37.7 Å². The van der Waals surface area contributed by atoms with Crippen LogP contribution in [0.2, 0.25) is 0 Å². The van der Waals surface area contributed by atoms with Gasteiger partial charge in [-0.25, -0.2) is 0 Å². The van der Waals surface area contributed by atoms with E-state index in [0.29, 0.717) is 0 Å². The molecule has 38 valence electrons. The van der Waals surface area contributed by atoms with Crippen molar-refractivity contribution in [3.8, 4) is 0 Å². The third-order valence-electron chi connectivity index (χ3n) is 0.173. The molecular weight excluding hydrogens is 147 g/mol. The van der Waals surface area contributed by atoms with Crippen LogP contribution in [0.5, 0.6) is 0 Å². The average Bonchev–Trinajstić information content (AvgIpc) is 1.35. The fourth-order valence-corrected chi connectivity index (χ4v) is 0. The van der Waals surface area contributed by atoms with Crippen molar-refractivity contribution in [1.29, 1.82) is 0 Å². The quantitative estimate of drug-likeness (QED) is 0.330. The van der Waals surface area contributed by atoms with Gasteiger partial charge in [-0.1, -0.05) is 0 Å². The van der Waals surface area contributed by atoms with Gasteiger partial charge in [0.25, 0.3) is 0 Å². The van der Waals surface area contributed by atoms with Crippen molar-refractivity contribution >= 4 is 45.3 Å². The van der Waals surface area contributed by atoms with Crippen molar-refractivity contribution in [1.82, 2.24) is 0 Å². The first kappa shape index (κ1) is 11.2. The van der Waals surface area contributed by atoms with Gasteiger partial charge in [-0.15, -0.1) is 0 Å². The summed E-state index contributed by atoms with van der Waals surface area (Å²) in [7, 11) is -4.59. The van der Waals surface area contributed by atoms with Gasteiger partial charge < -0.3 is 19.5 Å². The third kappa shape index (κ3) is 11.1. The van der Waals surface area contributed by atoms with Gasteiger partial charge in [0.2, 0.25) is 0 Å². The predicted molar refractivity (Wildman–Crippen MR) is 20.4 cm³/mol. The molecule has 0 aliphatic carbocycles. The normalized spacial score (nSPS) is 10.1. The fourth-order valence-electron chi connectivity index (χ4n) is 0. The second-order valence-electron chi connectivity index (χ2n) is 0.752. The van der Waals surface area contributed by atoms with Crippen LogP contribution in [0, 0.1) is 0 Å². The van der Waals surface area contributed by atoms with Crippen LogP contribution < -0.4 is 9.79 Å². The fraction of sp³-hybridized carbons (Fsp3) is 1.00. The third-order valence-corrected chi connectivity index (χ3v) is 0.520. The first-order chi connectivity index (χ1) is 2.56. The van der Waals surface area contributed by atoms with E-state index in [1.165, 1.54) is 0 Å². The molecule has 0 spiro atoms. The Morgan fingerprint density at radius 2 is 1.71 bits per heavy atom. The Morgan fingerprint density at radius 3 is 1.71 bits per heavy atom. The second kappa shape index (κ2) is 4.27. The molecular formula is CH3CaO4P. The summed E-state index contributed by atoms with van der Waals surface area (Å²) in [4.78, 5) is 18.4. The summed E-state index contributed by atoms with van der Waals surface area (Å²) >= 11 is 0. The SMILES string of the molecule is O=P([O-])([O-])CO.[Ca+2]. The first-order valence-electron chi connectivity index (χ1n) is 1.18. The number of rotatable bonds is 1. The Hall–Kier alpha value is 1.37. The van der Waals surface area contributed by atoms with E-state index < -0.39 is 13.9 Å². The van der Waals surface area contributed by atoms with Crippen molar-refractivity contribution in [3.63, 3.8) is 0 Å². The van der Waals surface area contributed by atoms with Crippen molar-refractivity contribution < 1.29 is 19.5 Å². The topological polar surface area (TPSA) is 83.4 Å². The van der Waals surface area contributed by atoms with Gasteiger partial charge in [-0.3, -0.25) is 0 Å². The molecule has 0 aliphatic heterocycles. The van der Waals surface area contributed by atoms with E-state index in [2.05, 4.69) is 0 Å². The van der Waals surface area contributed by atoms with Gasteiger partial charge in [0.1, 0.15) is 0 Å². The van der Waals surface area contributed by atoms with Gasteiger partial charge in [0.15, 0.2) is 0 Å². The molecule has 0 aromatic heterocycles. The van der Waals surface area contributed by atoms with E-state index >= 15 is 0 Å². The van der Waals surface area contributed by atoms with Gasteiger partial charge in [-0.05, 0) is 7.60 Å². The first-order valence-corrected chi connectivity index (χ1v) is 2.91. The van der Waals surface area contributed by atoms with E-state index in [1.807, 2.05) is 0 Å². The average molecular weight is 150 g/mol. The number of aliphatic hydroxyl groups excluding tert-OH is 1. The van der Waals surface area contributed by atoms with Crippen molar-refractivity contribution in [2.45, 2.75) is 0 Å². The van der Waals surface area contributed by atoms with E-state index in [1.54, 1.807) is 0 Å². The van der Waals surface area contributed by atoms with Crippen molar-refractivity contribution in [2.24, 2.45) is 0 Å². The van der Waals surface area contributed by atoms with E-state index in [9.17, 15) is 14.4 Å². The Kier molecular flexibility index (Phi) is 6.83. The molecule has 0 unspecified atom stereocenters. The molecule has 4 nitrogen and oxygen atoms in total. The summed E-state index contributed by atoms with van der Waals surface area (Å²) in [5, 5.41) is 7.51. The molecule has 0 bridgehead atoms. The van der Waals surface area contributed by atoms with Crippen LogP contribution in [0.25, 0.3) is 0 Å². The molecule has 0 saturated heterocycles. The monoisotopic (exact) mass is 150 g/mol. The van der Waals surface area contributed by atoms with Crippen LogP contribution in [0.1, 0.15) is 0 Å². The minimum atomic E-state index is -4.59. The molecule has 0 aromatic carbocycles. The summed E-state index contributed by atoms with van der Waals surface area (Å²) in [5.74, 6) is 0. The Labute approximate surface area is 70.7 Å². The molecule has 0 saturated carbocycles. The maximum atomic E-state index is 9.22. The maximum Gasteiger partial charge on any atom is 2.00 e. The molecule has 0 radical (unpaired) electrons. The molecule has 0 aromatic rings. The summed E-state index contributed by atoms with van der Waals surface area (Å²) < 4.78 is 9.22. The summed E-state index contributed by atoms with van der Waals surface area (Å²) in [5.41, 5.74) is 0. The zero-order chi connectivity index (χ0) is 5.21. The number of hydrogen-bond donors (Lipinski definition) is 1. The molecule has 7 heavy (non-hydrogen) atoms. The van der Waals surface area contributed by atoms with Crippen LogP contribution in [0.4, 0.5) is 0 Å². The van der Waals surface area contributed by atoms with Crippen LogP contribution in [-0.2, 0) is 4.57 Å². The van der Waals surface area contributed by atoms with Gasteiger partial charge >= 0.3 is 37.7 Å². The molecule has 0 atom stereocenters. The predicted octanol–water partition coefficient (Wildman–Crippen LogP) is -2.53. The van der Waals surface area contributed by atoms with Gasteiger partial charge in [0, 0.05) is 0 Å². The molecule has 0 fully saturated rings. The van der Waals surface area contributed by atoms with Gasteiger partial charge in [-0.2, -0.15) is 0 Å². The zero-order valence-corrected chi connectivity index (χ0v) is 6.64. The van der Waals surface area contributed by atoms with E-state index in [4.69, 9.17) is 5.11 Å². The van der Waals surface area contributed by atoms with Gasteiger partial charge in [0.05, 0.1) is 6.35 Å². The summed E-state index contributed by atoms with van der Waals surface area (Å²) in [6.07, 6.45) is -1.28. The van der Waals surface area contributed by atoms with Crippen molar-refractivity contribution in [2.75, 3.05) is 6.35 Å². The van der Waals surface area contributed by atoms with Crippen LogP contribution in [-0.4, -0.2) is 49.2 Å². The van der Waals surface area contributed by atoms with Crippen LogP contribution in [0.15, 0.2) is 0 Å². The smallest absolute Gasteiger partial charge is 0.809 e. The zero-order valence-electron chi connectivity index (χ0n) is 3.53. The Bertz CT molecular complexity index is 75.8. The summed E-state index contributed by atoms with van der Waals surface area (Å²) in [6.45, 7) is 0. The largest absolute Gasteiger partial charge is 2.00 e. The Balaban J connectivity index is 0. The molecule has 6 heteroatoms. The minimum absolute atomic E-state index is 0. The van der Waals surface area contributed by atoms with Crippen molar-refractivity contribution in [3.05, 3.63) is 0 Å². The molecule has 1 N–H and O–H groups in total. The standard InChI is InChI=1S/CH5O4P.Ca/c2-1-6(3,4)5;/h2H,1H2,(H2,3,4,5);/q;+2/p-2. The van der Waals surface area contributed by atoms with E-state index in [0.717, 1.165) is 0 Å². The molecule has 0 aliphatic rings. The molecule has 0 amide bonds. The number of aliphatic hydroxyl groups is 1. The second-order valence-corrected chi connectivity index (χ2v) is 2.26. The summed E-state index contributed by atoms with van der Waals surface area (Å²) in [6, 6.07) is 0. The maximum absolute atomic E-state index is 9.22. The molecule has 0 heterocycles. The van der Waals surface area contributed by atoms with Crippen LogP contribution in [0.3, 0.4) is 0 Å². The Morgan fingerprint density at radius 1 is 1.57 bits per heavy atom. The minimum Gasteiger partial charge on any atom is -0.809 e.